The van der Waals surface area contributed by atoms with Crippen LogP contribution in [0.1, 0.15) is 179 Å². The van der Waals surface area contributed by atoms with Gasteiger partial charge in [-0.1, -0.05) is 93.7 Å². The van der Waals surface area contributed by atoms with E-state index < -0.39 is 353 Å². The lowest BCUT2D eigenvalue weighted by Gasteiger charge is -2.71. The standard InChI is InChI=1S/C88H142O43/c1-13-34(3)43(119-52(97)25-39(94)24-44(35(4)14-2)120-76-63(108)57(102)47(31-91)121-76)23-38(93)26-53(98)125-68-36(5)118-80(73(66(68)111)130-79-67(112)70(127-77-64(109)58(103)55(100)45(29-89)122-77)69(37(6)117-79)126-75-62(107)54(99)42(95)32-116-75)131-82(115)88-22-21-83(7,8)27-41(88)40-15-16-49-84(9)19-18-51(85(10,33-92)48(84)17-20-86(49,11)87(40,12)28-50(88)96)124-81-72(61(106)60(105)71(128-81)74(113)114)129-78-65(110)59(104)56(101)46(30-90)123-78/h15,33-39,41-51,54-73,75-81,89-91,93-96,99-112H,13-14,16-32H2,1-12H3,(H,113,114)/t34-,35+,36-,37+,38+,39+,41+,42-,43-,44+,45-,46-,47+,48-,49-,50-,51+,54+,55-,56+,57+,58+,59+,60+,61+,62-,63-,64-,65-,66+,67-,68+,69+,70+,71+,72-,73-,75+,76-,77+,78+,79+,80+,81-,84+,85+,86-,87-,88-/m1/s1. The van der Waals surface area contributed by atoms with Crippen LogP contribution in [0, 0.1) is 62.1 Å². The molecule has 12 aliphatic rings. The average molecular weight is 1890 g/mol. The molecule has 5 aliphatic carbocycles. The fraction of sp³-hybridized carbons (Fsp3) is 0.920. The molecule has 0 aromatic carbocycles. The minimum atomic E-state index is -2.29. The summed E-state index contributed by atoms with van der Waals surface area (Å²) in [6.07, 6.45) is -64.9. The zero-order valence-corrected chi connectivity index (χ0v) is 75.9. The van der Waals surface area contributed by atoms with E-state index in [4.69, 9.17) is 75.8 Å². The largest absolute Gasteiger partial charge is 0.479 e. The Bertz CT molecular complexity index is 3850. The van der Waals surface area contributed by atoms with Crippen molar-refractivity contribution in [2.45, 2.75) is 419 Å². The molecular weight excluding hydrogens is 1740 g/mol. The van der Waals surface area contributed by atoms with Gasteiger partial charge in [0, 0.05) is 12.8 Å². The Hall–Kier alpha value is -4.07. The molecule has 131 heavy (non-hydrogen) atoms. The van der Waals surface area contributed by atoms with Gasteiger partial charge in [-0.2, -0.15) is 0 Å². The lowest BCUT2D eigenvalue weighted by molar-refractivity contribution is -0.394. The molecule has 752 valence electrons. The highest BCUT2D eigenvalue weighted by Gasteiger charge is 2.74. The van der Waals surface area contributed by atoms with Gasteiger partial charge in [-0.05, 0) is 123 Å². The number of rotatable bonds is 33. The summed E-state index contributed by atoms with van der Waals surface area (Å²) >= 11 is 0. The molecule has 0 spiro atoms. The molecule has 12 rings (SSSR count). The van der Waals surface area contributed by atoms with Crippen LogP contribution in [0.25, 0.3) is 0 Å². The van der Waals surface area contributed by atoms with Gasteiger partial charge < -0.3 is 193 Å². The first-order valence-corrected chi connectivity index (χ1v) is 46.0. The first-order chi connectivity index (χ1) is 61.5. The van der Waals surface area contributed by atoms with Gasteiger partial charge in [0.1, 0.15) is 146 Å². The minimum absolute atomic E-state index is 0.00489. The van der Waals surface area contributed by atoms with Gasteiger partial charge in [0.05, 0.1) is 87.4 Å². The maximum Gasteiger partial charge on any atom is 0.335 e. The Labute approximate surface area is 758 Å². The van der Waals surface area contributed by atoms with Crippen molar-refractivity contribution in [3.8, 4) is 0 Å². The number of aldehydes is 1. The first-order valence-electron chi connectivity index (χ1n) is 46.0. The molecule has 0 unspecified atom stereocenters. The molecule has 0 amide bonds. The Kier molecular flexibility index (Phi) is 34.0. The van der Waals surface area contributed by atoms with Crippen molar-refractivity contribution >= 4 is 30.2 Å². The molecule has 0 radical (unpaired) electrons. The fourth-order valence-corrected chi connectivity index (χ4v) is 23.2. The summed E-state index contributed by atoms with van der Waals surface area (Å²) in [4.78, 5) is 71.4. The van der Waals surface area contributed by atoms with E-state index in [0.29, 0.717) is 51.4 Å². The molecule has 0 aromatic rings. The van der Waals surface area contributed by atoms with Gasteiger partial charge in [-0.15, -0.1) is 0 Å². The van der Waals surface area contributed by atoms with Crippen molar-refractivity contribution in [1.29, 1.82) is 0 Å². The van der Waals surface area contributed by atoms with Gasteiger partial charge in [0.2, 0.25) is 6.29 Å². The molecule has 0 aromatic heterocycles. The van der Waals surface area contributed by atoms with E-state index in [0.717, 1.165) is 11.9 Å². The van der Waals surface area contributed by atoms with Crippen LogP contribution in [-0.2, 0) is 99.8 Å². The average Bonchev–Trinajstić information content (AvgIpc) is 0.707. The number of aliphatic carboxylic acids is 1. The topological polar surface area (TPSA) is 678 Å². The van der Waals surface area contributed by atoms with E-state index >= 15 is 4.79 Å². The number of fused-ring (bicyclic) bond motifs is 7. The van der Waals surface area contributed by atoms with Crippen molar-refractivity contribution in [3.63, 3.8) is 0 Å². The number of carbonyl (C=O) groups excluding carboxylic acids is 4. The van der Waals surface area contributed by atoms with Crippen LogP contribution < -0.4 is 0 Å². The summed E-state index contributed by atoms with van der Waals surface area (Å²) < 4.78 is 97.2. The molecular formula is C88H142O43. The normalized spacial score (nSPS) is 48.4. The van der Waals surface area contributed by atoms with E-state index in [2.05, 4.69) is 26.8 Å². The third-order valence-corrected chi connectivity index (χ3v) is 31.8. The van der Waals surface area contributed by atoms with E-state index in [1.54, 1.807) is 27.7 Å². The summed E-state index contributed by atoms with van der Waals surface area (Å²) in [5.74, 6) is -7.14. The van der Waals surface area contributed by atoms with Crippen LogP contribution in [0.4, 0.5) is 0 Å². The van der Waals surface area contributed by atoms with Gasteiger partial charge in [0.15, 0.2) is 56.1 Å². The second-order valence-corrected chi connectivity index (χ2v) is 40.5. The van der Waals surface area contributed by atoms with Gasteiger partial charge in [0.25, 0.3) is 0 Å². The van der Waals surface area contributed by atoms with Crippen molar-refractivity contribution in [2.75, 3.05) is 26.4 Å². The number of carboxylic acid groups (broad SMARTS) is 1. The number of aliphatic hydroxyl groups is 21. The van der Waals surface area contributed by atoms with Crippen molar-refractivity contribution in [1.82, 2.24) is 0 Å². The number of hydrogen-bond acceptors (Lipinski definition) is 42. The highest BCUT2D eigenvalue weighted by Crippen LogP contribution is 2.76. The predicted octanol–water partition coefficient (Wildman–Crippen LogP) is -4.79. The molecule has 7 heterocycles. The SMILES string of the molecule is CC[C@@H](C)[C@@H](C[C@H](O)CC(=O)O[C@@H]1[C@H](O)[C@@H](O[C@@H]2O[C@@H](C)[C@H](O[C@@H]3OC[C@@H](O)[C@H](O)[C@H]3O)[C@@H](O[C@@H]3O[C@H](CO)[C@@H](O)[C@H](O)[C@H]3O)[C@H]2O)[C@H](OC(=O)[C@]23CCC(C)(C)C[C@H]2C2=CC[C@@H]4[C@@]5(C)CC[C@H](O[C@@H]6O[C@H](C(=O)O)[C@@H](O)[C@H](O)[C@H]6O[C@@H]6O[C@H](CO)[C@H](O)[C@H](O)[C@H]6O)[C@@](C)(C=O)[C@@H]5CC[C@@]4(C)[C@]2(C)C[C@H]3O)O[C@@H]1C)OC(=O)C[C@@H](O)C[C@H](O[C@@H]1O[C@@H](CO)[C@H](O)[C@H]1O)[C@@H](C)CC. The molecule has 11 fully saturated rings. The van der Waals surface area contributed by atoms with Crippen LogP contribution in [0.5, 0.6) is 0 Å². The highest BCUT2D eigenvalue weighted by molar-refractivity contribution is 5.80. The Balaban J connectivity index is 0.815. The monoisotopic (exact) mass is 1890 g/mol. The molecule has 0 bridgehead atoms. The number of carbonyl (C=O) groups is 5. The number of carboxylic acids is 1. The van der Waals surface area contributed by atoms with Crippen molar-refractivity contribution in [2.24, 2.45) is 62.1 Å². The first kappa shape index (κ1) is 106. The molecule has 43 nitrogen and oxygen atoms in total. The van der Waals surface area contributed by atoms with Crippen molar-refractivity contribution in [3.05, 3.63) is 11.6 Å². The molecule has 43 heteroatoms. The maximum absolute atomic E-state index is 16.4. The number of aliphatic hydroxyl groups excluding tert-OH is 21. The summed E-state index contributed by atoms with van der Waals surface area (Å²) in [5, 5.41) is 244. The molecule has 49 atom stereocenters. The lowest BCUT2D eigenvalue weighted by Crippen LogP contribution is -2.69. The van der Waals surface area contributed by atoms with Gasteiger partial charge in [-0.25, -0.2) is 4.79 Å². The second-order valence-electron chi connectivity index (χ2n) is 40.5. The zero-order valence-electron chi connectivity index (χ0n) is 75.9. The summed E-state index contributed by atoms with van der Waals surface area (Å²) in [6, 6.07) is 0. The Morgan fingerprint density at radius 3 is 1.59 bits per heavy atom. The summed E-state index contributed by atoms with van der Waals surface area (Å²) in [7, 11) is 0. The summed E-state index contributed by atoms with van der Waals surface area (Å²) in [6.45, 7) is 18.9. The molecule has 4 saturated carbocycles. The number of esters is 3. The quantitative estimate of drug-likeness (QED) is 0.00964. The maximum atomic E-state index is 16.4. The lowest BCUT2D eigenvalue weighted by atomic mass is 9.33. The smallest absolute Gasteiger partial charge is 0.335 e. The minimum Gasteiger partial charge on any atom is -0.479 e. The van der Waals surface area contributed by atoms with Crippen LogP contribution in [0.2, 0.25) is 0 Å². The molecule has 7 saturated heterocycles. The highest BCUT2D eigenvalue weighted by atomic mass is 16.8. The number of allylic oxidation sites excluding steroid dienone is 2. The third kappa shape index (κ3) is 20.5. The predicted molar refractivity (Wildman–Crippen MR) is 437 cm³/mol. The van der Waals surface area contributed by atoms with Crippen LogP contribution in [0.3, 0.4) is 0 Å². The van der Waals surface area contributed by atoms with Crippen LogP contribution in [0.15, 0.2) is 11.6 Å². The van der Waals surface area contributed by atoms with E-state index in [-0.39, 0.29) is 43.9 Å². The third-order valence-electron chi connectivity index (χ3n) is 31.8. The second kappa shape index (κ2) is 42.2. The molecule has 7 aliphatic heterocycles. The van der Waals surface area contributed by atoms with E-state index in [9.17, 15) is 132 Å². The zero-order chi connectivity index (χ0) is 96.5. The number of hydrogen-bond donors (Lipinski definition) is 22. The van der Waals surface area contributed by atoms with Crippen LogP contribution in [-0.4, -0.2) is 408 Å². The molecule has 22 N–H and O–H groups in total. The van der Waals surface area contributed by atoms with E-state index in [1.165, 1.54) is 13.8 Å². The van der Waals surface area contributed by atoms with E-state index in [1.807, 2.05) is 20.8 Å². The Morgan fingerprint density at radius 1 is 0.496 bits per heavy atom. The Morgan fingerprint density at radius 2 is 1.01 bits per heavy atom. The van der Waals surface area contributed by atoms with Gasteiger partial charge >= 0.3 is 23.9 Å². The van der Waals surface area contributed by atoms with Gasteiger partial charge in [-0.3, -0.25) is 14.4 Å². The van der Waals surface area contributed by atoms with Crippen molar-refractivity contribution < 1.29 is 212 Å². The fourth-order valence-electron chi connectivity index (χ4n) is 23.2. The number of ether oxygens (including phenoxy) is 16. The van der Waals surface area contributed by atoms with Crippen LogP contribution >= 0.6 is 0 Å². The summed E-state index contributed by atoms with van der Waals surface area (Å²) in [5.41, 5.74) is -5.35.